The van der Waals surface area contributed by atoms with E-state index < -0.39 is 216 Å². The van der Waals surface area contributed by atoms with Gasteiger partial charge in [0.2, 0.25) is 5.43 Å². The Kier molecular flexibility index (Phi) is 35.8. The highest BCUT2D eigenvalue weighted by molar-refractivity contribution is 6.24. The molecule has 142 heavy (non-hydrogen) atoms. The number of anilines is 2. The van der Waals surface area contributed by atoms with Crippen LogP contribution in [0.15, 0.2) is 92.8 Å². The van der Waals surface area contributed by atoms with Gasteiger partial charge in [-0.05, 0) is 103 Å². The number of aliphatic hydroxyl groups excluding tert-OH is 8. The highest BCUT2D eigenvalue weighted by atomic mass is 19.1. The number of hydrogen-bond acceptors (Lipinski definition) is 38. The number of carbonyl (C=O) groups is 6. The van der Waals surface area contributed by atoms with Gasteiger partial charge in [-0.2, -0.15) is 5.10 Å². The number of hydrazine groups is 1. The number of nitrogens with two attached hydrogens (primary N) is 5. The van der Waals surface area contributed by atoms with Crippen LogP contribution in [0.1, 0.15) is 155 Å². The van der Waals surface area contributed by atoms with E-state index in [0.29, 0.717) is 60.2 Å². The van der Waals surface area contributed by atoms with Gasteiger partial charge in [-0.15, -0.1) is 0 Å². The van der Waals surface area contributed by atoms with E-state index in [4.69, 9.17) is 71.4 Å². The van der Waals surface area contributed by atoms with E-state index in [1.807, 2.05) is 15.3 Å². The Hall–Kier alpha value is -11.5. The van der Waals surface area contributed by atoms with Gasteiger partial charge in [-0.1, -0.05) is 58.8 Å². The molecule has 10 heterocycles. The third-order valence-corrected chi connectivity index (χ3v) is 28.4. The number of piperazine rings is 1. The van der Waals surface area contributed by atoms with E-state index in [1.165, 1.54) is 131 Å². The lowest BCUT2D eigenvalue weighted by atomic mass is 9.78. The summed E-state index contributed by atoms with van der Waals surface area (Å²) in [5.74, 6) is -5.80. The number of allylic oxidation sites excluding steroid dienone is 2. The fraction of sp³-hybridized carbons (Fsp3) is 0.589. The van der Waals surface area contributed by atoms with Crippen LogP contribution in [0, 0.1) is 42.3 Å². The van der Waals surface area contributed by atoms with Crippen molar-refractivity contribution in [1.82, 2.24) is 35.5 Å². The van der Waals surface area contributed by atoms with Crippen molar-refractivity contribution in [3.63, 3.8) is 0 Å². The number of pyridine rings is 2. The predicted octanol–water partition coefficient (Wildman–Crippen LogP) is -0.457. The number of amides is 2. The van der Waals surface area contributed by atoms with Crippen molar-refractivity contribution in [3.05, 3.63) is 117 Å². The number of hydrazone groups is 1. The predicted molar refractivity (Wildman–Crippen MR) is 512 cm³/mol. The summed E-state index contributed by atoms with van der Waals surface area (Å²) < 4.78 is 69.4. The molecule has 5 aromatic rings. The Morgan fingerprint density at radius 3 is 2.04 bits per heavy atom. The van der Waals surface area contributed by atoms with Gasteiger partial charge in [0, 0.05) is 143 Å². The Bertz CT molecular complexity index is 5610. The van der Waals surface area contributed by atoms with Crippen LogP contribution in [0.5, 0.6) is 28.7 Å². The third-order valence-electron chi connectivity index (χ3n) is 28.4. The van der Waals surface area contributed by atoms with Crippen molar-refractivity contribution < 1.29 is 142 Å². The minimum absolute atomic E-state index is 0.0599. The van der Waals surface area contributed by atoms with Crippen molar-refractivity contribution >= 4 is 87.0 Å². The van der Waals surface area contributed by atoms with Crippen LogP contribution in [-0.4, -0.2) is 347 Å². The van der Waals surface area contributed by atoms with Gasteiger partial charge in [0.25, 0.3) is 17.6 Å². The first kappa shape index (κ1) is 109. The molecule has 47 heteroatoms. The number of phenolic OH excluding ortho intramolecular Hbond substituents is 3. The molecule has 27 N–H and O–H groups in total. The number of Topliss-reactive ketones (excluding diaryl/α,β-unsaturated/α-hetero) is 1. The standard InChI is InChI=1S/C47H64N4O12.C21H24FN3O4.C21H39N7O12.C6H7N3O/c1-24-13-12-14-25(2)46(59)49-37-32(23-48-51-20-18-50(19-21-51)31-15-10-11-16-31)41(56)34-35(42(37)57)40(55)29(6)44-36(34)45(58)47(8,63-44)61-22-17-33(60-9)26(3)43(62-30(7)52)28(5)39(54)27(4)38(24)53;1-29-20-17-13(19(26)14(21(27)28)9-25(17)12-4-5-12)7-15(22)18(20)24-8-11-3-2-6-23-16(11)10-24;1-5-21(36,4-30)16(40-17-9(26-2)13(34)10(31)6(3-29)38-17)18(37-5)39-15-8(28-20(24)25)11(32)7(27-19(22)23)12(33)14(15)35;7-9-6(10)5-1-3-8-4-2-5/h12-14,17,22-24,26-28,31,33,38-39,43,53-57H,10-11,15-16,18-21H2,1-9H3,(H,49,59);7,9,11-12,16,23H,2-6,8,10H2,1H3,(H,27,28);4-18,26,29,31-36H,3H2,1-2H3,(H4,22,23,27)(H4,24,25,28);1-4H,7H2,(H,9,10)/b13-12+,22-17+,25-14-,48-23-;;;/t24-,26-,27-,28-,33+,38+,39+,43-,47+;11-,16+;5-,6-,7+,8-,9-,10-,11+,12-,13-,14+,15+,16-,17-,18-,21+;/m100./s1. The van der Waals surface area contributed by atoms with Crippen LogP contribution in [0.3, 0.4) is 0 Å². The molecule has 8 aliphatic heterocycles. The highest BCUT2D eigenvalue weighted by Crippen LogP contribution is 2.56. The maximum atomic E-state index is 15.3. The molecule has 3 aromatic carbocycles. The average Bonchev–Trinajstić information content (AvgIpc) is 1.52. The van der Waals surface area contributed by atoms with Gasteiger partial charge in [0.1, 0.15) is 95.5 Å². The number of aromatic carboxylic acids is 1. The Morgan fingerprint density at radius 1 is 0.768 bits per heavy atom. The summed E-state index contributed by atoms with van der Waals surface area (Å²) in [4.78, 5) is 104. The van der Waals surface area contributed by atoms with Crippen molar-refractivity contribution in [2.24, 2.45) is 73.5 Å². The van der Waals surface area contributed by atoms with E-state index in [-0.39, 0.29) is 73.7 Å². The van der Waals surface area contributed by atoms with E-state index >= 15 is 4.39 Å². The molecular formula is C95H134FN17O29. The van der Waals surface area contributed by atoms with Crippen LogP contribution in [0.25, 0.3) is 21.7 Å². The van der Waals surface area contributed by atoms with Crippen LogP contribution in [0.4, 0.5) is 15.8 Å². The molecule has 3 aliphatic carbocycles. The summed E-state index contributed by atoms with van der Waals surface area (Å²) in [7, 11) is 4.34. The topological polar surface area (TPSA) is 708 Å². The lowest BCUT2D eigenvalue weighted by Crippen LogP contribution is -2.66. The highest BCUT2D eigenvalue weighted by Gasteiger charge is 2.62. The molecule has 2 aromatic heterocycles. The Labute approximate surface area is 817 Å². The number of piperidine rings is 1. The minimum atomic E-state index is -2.38. The quantitative estimate of drug-likeness (QED) is 0.00572. The number of aromatic nitrogens is 2. The number of rotatable bonds is 19. The first-order chi connectivity index (χ1) is 67.3. The number of aliphatic hydroxyl groups is 9. The zero-order chi connectivity index (χ0) is 104. The molecule has 0 unspecified atom stereocenters. The second kappa shape index (κ2) is 46.5. The van der Waals surface area contributed by atoms with Crippen molar-refractivity contribution in [1.29, 1.82) is 0 Å². The molecule has 3 saturated carbocycles. The van der Waals surface area contributed by atoms with Crippen LogP contribution in [0.2, 0.25) is 0 Å². The van der Waals surface area contributed by atoms with E-state index in [0.717, 1.165) is 51.9 Å². The smallest absolute Gasteiger partial charge is 0.341 e. The molecule has 0 spiro atoms. The molecule has 2 amide bonds. The maximum absolute atomic E-state index is 15.3. The number of nitrogens with zero attached hydrogens (tertiary/aromatic N) is 8. The molecule has 8 fully saturated rings. The number of carboxylic acids is 1. The first-order valence-electron chi connectivity index (χ1n) is 47.2. The van der Waals surface area contributed by atoms with Gasteiger partial charge in [-0.3, -0.25) is 49.1 Å². The normalized spacial score (nSPS) is 33.2. The zero-order valence-corrected chi connectivity index (χ0v) is 81.0. The van der Waals surface area contributed by atoms with Crippen LogP contribution in [-0.2, 0) is 47.5 Å². The van der Waals surface area contributed by atoms with Gasteiger partial charge in [0.15, 0.2) is 53.7 Å². The maximum Gasteiger partial charge on any atom is 0.341 e. The molecule has 16 rings (SSSR count). The Balaban J connectivity index is 0.000000193. The van der Waals surface area contributed by atoms with Gasteiger partial charge >= 0.3 is 17.7 Å². The fourth-order valence-electron chi connectivity index (χ4n) is 20.1. The number of hydrogen-bond donors (Lipinski definition) is 22. The molecule has 11 aliphatic rings. The second-order valence-electron chi connectivity index (χ2n) is 37.7. The molecule has 5 saturated heterocycles. The first-order valence-corrected chi connectivity index (χ1v) is 47.2. The molecular weight excluding hydrogens is 1860 g/mol. The molecule has 5 bridgehead atoms. The lowest BCUT2D eigenvalue weighted by Gasteiger charge is -2.45. The minimum Gasteiger partial charge on any atom is -0.507 e. The number of carboxylic acid groups (broad SMARTS) is 1. The van der Waals surface area contributed by atoms with E-state index in [1.54, 1.807) is 56.5 Å². The number of esters is 1. The van der Waals surface area contributed by atoms with Crippen molar-refractivity contribution in [3.8, 4) is 28.7 Å². The summed E-state index contributed by atoms with van der Waals surface area (Å²) in [6.45, 7) is 18.4. The summed E-state index contributed by atoms with van der Waals surface area (Å²) in [5.41, 5.74) is 21.5. The fourth-order valence-corrected chi connectivity index (χ4v) is 20.1. The number of ketones is 1. The number of nitrogen functional groups attached to an aromatic ring is 1. The largest absolute Gasteiger partial charge is 0.507 e. The number of aldehydes is 1. The van der Waals surface area contributed by atoms with Crippen molar-refractivity contribution in [2.75, 3.05) is 83.9 Å². The molecule has 26 atom stereocenters. The van der Waals surface area contributed by atoms with Crippen LogP contribution < -0.4 is 70.0 Å². The van der Waals surface area contributed by atoms with E-state index in [9.17, 15) is 99.9 Å². The number of benzene rings is 3. The number of fused-ring (bicyclic) bond motifs is 16. The summed E-state index contributed by atoms with van der Waals surface area (Å²) in [6, 6.07) is 1.26. The van der Waals surface area contributed by atoms with E-state index in [2.05, 4.69) is 40.9 Å². The lowest BCUT2D eigenvalue weighted by molar-refractivity contribution is -0.314. The number of aromatic hydroxyl groups is 3. The Morgan fingerprint density at radius 2 is 1.44 bits per heavy atom. The number of methoxy groups -OCH3 is 2. The SMILES string of the molecule is CN[C@@H]1[C@H](O[C@H]2[C@H](O[C@H]3[C@H](O)[C@@H](O)[C@H](N=C(N)N)[C@@H](O)[C@@H]3N=C(N)N)O[C@@H](C)[C@]2(O)C=O)O[C@@H](CO)[C@H](O)[C@H]1O.CO[C@H]1/C=C/O[C@@]2(C)Oc3c(C)c(O)c4c(O)c(c(/C=N\N5CCN(C6CCCC6)CC5)c(O)c4c3C2=O)NC(=O)/C(C)=C\C=C\[C@@H](C)[C@H](O)[C@@H](C)[C@H](O)[C@@H](C)[C@H](OC(C)=O)[C@@H]1C.COc1c(N2C[C@@H]3CCCN[C@@H]3C2)c(F)cc2c(=O)c(C(=O)O)cn(C3CC3)c12.NNC(=O)c1ccncc1. The third kappa shape index (κ3) is 23.0. The number of phenols is 3. The molecule has 780 valence electrons. The number of nitrogens with one attached hydrogen (secondary N) is 4. The van der Waals surface area contributed by atoms with Crippen LogP contribution >= 0.6 is 0 Å². The van der Waals surface area contributed by atoms with Gasteiger partial charge in [0.05, 0.1) is 89.8 Å². The monoisotopic (exact) mass is 2000 g/mol. The van der Waals surface area contributed by atoms with Gasteiger partial charge < -0.3 is 157 Å². The number of ether oxygens (including phenoxy) is 9. The number of guanidine groups is 2. The number of carbonyl (C=O) groups excluding carboxylic acids is 5. The molecule has 0 radical (unpaired) electrons. The average molecular weight is 2000 g/mol. The number of aliphatic imine (C=N–C) groups is 2. The summed E-state index contributed by atoms with van der Waals surface area (Å²) >= 11 is 0. The summed E-state index contributed by atoms with van der Waals surface area (Å²) in [6.07, 6.45) is 0.902. The molecule has 46 nitrogen and oxygen atoms in total. The van der Waals surface area contributed by atoms with Crippen molar-refractivity contribution in [2.45, 2.75) is 253 Å². The summed E-state index contributed by atoms with van der Waals surface area (Å²) in [5, 5.41) is 157. The van der Waals surface area contributed by atoms with Gasteiger partial charge in [-0.25, -0.2) is 25.0 Å². The number of likely N-dealkylation sites (N-methyl/N-ethyl adjacent to an activating group) is 1. The number of halogens is 1. The second-order valence-corrected chi connectivity index (χ2v) is 37.7. The zero-order valence-electron chi connectivity index (χ0n) is 81.0.